The van der Waals surface area contributed by atoms with Gasteiger partial charge in [0.1, 0.15) is 0 Å². The van der Waals surface area contributed by atoms with Crippen LogP contribution >= 0.6 is 0 Å². The van der Waals surface area contributed by atoms with Crippen LogP contribution in [0.25, 0.3) is 0 Å². The van der Waals surface area contributed by atoms with Crippen LogP contribution in [0, 0.1) is 11.3 Å². The van der Waals surface area contributed by atoms with Crippen LogP contribution in [0.3, 0.4) is 0 Å². The van der Waals surface area contributed by atoms with Crippen LogP contribution in [0.1, 0.15) is 0 Å². The molecule has 0 aromatic rings. The zero-order valence-corrected chi connectivity index (χ0v) is 6.35. The molecule has 0 aromatic carbocycles. The van der Waals surface area contributed by atoms with Gasteiger partial charge in [0, 0.05) is 6.08 Å². The molecule has 9 heteroatoms. The van der Waals surface area contributed by atoms with Crippen molar-refractivity contribution in [3.8, 4) is 6.07 Å². The molecule has 1 N–H and O–H groups in total. The normalized spacial score (nSPS) is 9.77. The van der Waals surface area contributed by atoms with Crippen LogP contribution in [0.15, 0.2) is 12.7 Å². The number of rotatable bonds is 0. The molecule has 0 spiro atoms. The minimum Gasteiger partial charge on any atom is -0.279 e. The van der Waals surface area contributed by atoms with E-state index >= 15 is 0 Å². The Bertz CT molecular complexity index is 278. The second-order valence-corrected chi connectivity index (χ2v) is 2.67. The summed E-state index contributed by atoms with van der Waals surface area (Å²) in [6, 6.07) is 1.69. The Morgan fingerprint density at radius 2 is 1.62 bits per heavy atom. The van der Waals surface area contributed by atoms with E-state index in [1.807, 2.05) is 0 Å². The van der Waals surface area contributed by atoms with Crippen molar-refractivity contribution in [1.29, 1.82) is 5.26 Å². The van der Waals surface area contributed by atoms with Gasteiger partial charge in [-0.15, -0.1) is 0 Å². The third kappa shape index (κ3) is 11.7. The van der Waals surface area contributed by atoms with E-state index in [0.717, 1.165) is 0 Å². The maximum atomic E-state index is 10.7. The van der Waals surface area contributed by atoms with E-state index in [9.17, 15) is 13.2 Å². The van der Waals surface area contributed by atoms with Crippen molar-refractivity contribution in [2.45, 2.75) is 5.51 Å². The summed E-state index contributed by atoms with van der Waals surface area (Å²) in [6.45, 7) is 3.12. The van der Waals surface area contributed by atoms with E-state index in [2.05, 4.69) is 6.58 Å². The molecule has 0 aromatic heterocycles. The fourth-order valence-electron chi connectivity index (χ4n) is 0. The van der Waals surface area contributed by atoms with E-state index in [0.29, 0.717) is 0 Å². The van der Waals surface area contributed by atoms with E-state index in [1.54, 1.807) is 6.07 Å². The van der Waals surface area contributed by atoms with Crippen LogP contribution in [-0.4, -0.2) is 41.5 Å². The van der Waals surface area contributed by atoms with Gasteiger partial charge in [0.2, 0.25) is 0 Å². The van der Waals surface area contributed by atoms with Gasteiger partial charge in [0.25, 0.3) is 0 Å². The summed E-state index contributed by atoms with van der Waals surface area (Å²) < 4.78 is 57.5. The molecule has 0 fully saturated rings. The average molecular weight is 229 g/mol. The molecular formula is C4H6F3MgNO3S. The van der Waals surface area contributed by atoms with Crippen molar-refractivity contribution in [2.75, 3.05) is 0 Å². The van der Waals surface area contributed by atoms with E-state index < -0.39 is 15.6 Å². The van der Waals surface area contributed by atoms with E-state index in [4.69, 9.17) is 18.2 Å². The fraction of sp³-hybridized carbons (Fsp3) is 0.250. The second kappa shape index (κ2) is 7.13. The Hall–Kier alpha value is -0.304. The fourth-order valence-corrected chi connectivity index (χ4v) is 0. The molecule has 4 nitrogen and oxygen atoms in total. The molecule has 0 amide bonds. The summed E-state index contributed by atoms with van der Waals surface area (Å²) in [6.07, 6.45) is 1.18. The predicted molar refractivity (Wildman–Crippen MR) is 42.0 cm³/mol. The van der Waals surface area contributed by atoms with Crippen LogP contribution in [-0.2, 0) is 10.1 Å². The highest BCUT2D eigenvalue weighted by Crippen LogP contribution is 2.20. The maximum Gasteiger partial charge on any atom is 0.522 e. The lowest BCUT2D eigenvalue weighted by Crippen LogP contribution is -2.21. The van der Waals surface area contributed by atoms with Crippen molar-refractivity contribution in [2.24, 2.45) is 0 Å². The summed E-state index contributed by atoms with van der Waals surface area (Å²) in [5, 5.41) is 7.51. The van der Waals surface area contributed by atoms with Crippen LogP contribution in [0.5, 0.6) is 0 Å². The molecule has 0 aliphatic carbocycles. The monoisotopic (exact) mass is 229 g/mol. The van der Waals surface area contributed by atoms with Gasteiger partial charge in [0.15, 0.2) is 0 Å². The van der Waals surface area contributed by atoms with Gasteiger partial charge < -0.3 is 0 Å². The highest BCUT2D eigenvalue weighted by Gasteiger charge is 2.44. The van der Waals surface area contributed by atoms with Gasteiger partial charge in [-0.25, -0.2) is 0 Å². The number of alkyl halides is 3. The standard InChI is InChI=1S/C3H3N.CHF3O3S.Mg.2H/c1-2-3-4;2-1(3,4)8(5,6)7;;;/h2H,1H2;(H,5,6,7);;;. The van der Waals surface area contributed by atoms with Crippen molar-refractivity contribution in [3.63, 3.8) is 0 Å². The molecule has 0 rings (SSSR count). The minimum absolute atomic E-state index is 0. The predicted octanol–water partition coefficient (Wildman–Crippen LogP) is 0.174. The van der Waals surface area contributed by atoms with Crippen LogP contribution in [0.2, 0.25) is 0 Å². The lowest BCUT2D eigenvalue weighted by atomic mass is 10.8. The van der Waals surface area contributed by atoms with Gasteiger partial charge in [-0.2, -0.15) is 26.9 Å². The highest BCUT2D eigenvalue weighted by atomic mass is 32.2. The quantitative estimate of drug-likeness (QED) is 0.278. The zero-order valence-electron chi connectivity index (χ0n) is 5.54. The first-order valence-electron chi connectivity index (χ1n) is 2.21. The van der Waals surface area contributed by atoms with E-state index in [-0.39, 0.29) is 23.1 Å². The molecule has 0 aliphatic rings. The molecule has 13 heavy (non-hydrogen) atoms. The van der Waals surface area contributed by atoms with Crippen molar-refractivity contribution in [3.05, 3.63) is 12.7 Å². The average Bonchev–Trinajstić information content (AvgIpc) is 1.84. The highest BCUT2D eigenvalue weighted by molar-refractivity contribution is 7.86. The third-order valence-electron chi connectivity index (χ3n) is 0.384. The Balaban J connectivity index is -0.000000173. The Kier molecular flexibility index (Phi) is 10.1. The number of allylic oxidation sites excluding steroid dienone is 1. The van der Waals surface area contributed by atoms with Crippen LogP contribution in [0.4, 0.5) is 13.2 Å². The maximum absolute atomic E-state index is 10.7. The Labute approximate surface area is 88.9 Å². The number of nitrogens with zero attached hydrogens (tertiary/aromatic N) is 1. The summed E-state index contributed by atoms with van der Waals surface area (Å²) in [4.78, 5) is 0. The van der Waals surface area contributed by atoms with Gasteiger partial charge >= 0.3 is 38.7 Å². The van der Waals surface area contributed by atoms with Gasteiger partial charge in [-0.1, -0.05) is 6.58 Å². The summed E-state index contributed by atoms with van der Waals surface area (Å²) in [5.41, 5.74) is -5.53. The molecule has 0 aliphatic heterocycles. The molecular weight excluding hydrogens is 223 g/mol. The number of hydrogen-bond acceptors (Lipinski definition) is 3. The first-order valence-corrected chi connectivity index (χ1v) is 3.65. The molecule has 0 saturated heterocycles. The zero-order chi connectivity index (χ0) is 10.4. The number of hydrogen-bond donors (Lipinski definition) is 1. The lowest BCUT2D eigenvalue weighted by molar-refractivity contribution is -0.0510. The number of nitriles is 1. The molecule has 0 radical (unpaired) electrons. The van der Waals surface area contributed by atoms with E-state index in [1.165, 1.54) is 6.08 Å². The summed E-state index contributed by atoms with van der Waals surface area (Å²) in [5.74, 6) is 0. The van der Waals surface area contributed by atoms with Crippen molar-refractivity contribution in [1.82, 2.24) is 0 Å². The Morgan fingerprint density at radius 3 is 1.62 bits per heavy atom. The topological polar surface area (TPSA) is 78.2 Å². The molecule has 0 saturated carbocycles. The van der Waals surface area contributed by atoms with Gasteiger partial charge in [-0.05, 0) is 0 Å². The van der Waals surface area contributed by atoms with Crippen molar-refractivity contribution < 1.29 is 26.1 Å². The number of halogens is 3. The first-order chi connectivity index (χ1) is 5.16. The second-order valence-electron chi connectivity index (χ2n) is 1.25. The molecule has 74 valence electrons. The first kappa shape index (κ1) is 18.5. The Morgan fingerprint density at radius 1 is 1.46 bits per heavy atom. The van der Waals surface area contributed by atoms with Gasteiger partial charge in [-0.3, -0.25) is 4.55 Å². The lowest BCUT2D eigenvalue weighted by Gasteiger charge is -1.97. The molecule has 0 atom stereocenters. The SMILES string of the molecule is C=CC#N.O=S(=O)(O)C(F)(F)F.[MgH2]. The molecule has 0 bridgehead atoms. The minimum atomic E-state index is -5.84. The molecule has 0 unspecified atom stereocenters. The summed E-state index contributed by atoms with van der Waals surface area (Å²) >= 11 is 0. The van der Waals surface area contributed by atoms with Crippen molar-refractivity contribution >= 4 is 33.2 Å². The largest absolute Gasteiger partial charge is 0.522 e. The third-order valence-corrected chi connectivity index (χ3v) is 0.969. The summed E-state index contributed by atoms with van der Waals surface area (Å²) in [7, 11) is -5.84. The van der Waals surface area contributed by atoms with Gasteiger partial charge in [0.05, 0.1) is 6.07 Å². The van der Waals surface area contributed by atoms with Crippen LogP contribution < -0.4 is 0 Å². The smallest absolute Gasteiger partial charge is 0.279 e. The molecule has 0 heterocycles.